The summed E-state index contributed by atoms with van der Waals surface area (Å²) >= 11 is 1.13. The predicted octanol–water partition coefficient (Wildman–Crippen LogP) is 3.40. The summed E-state index contributed by atoms with van der Waals surface area (Å²) in [7, 11) is 0. The summed E-state index contributed by atoms with van der Waals surface area (Å²) in [6.45, 7) is 2.68. The van der Waals surface area contributed by atoms with Crippen LogP contribution in [0.2, 0.25) is 0 Å². The summed E-state index contributed by atoms with van der Waals surface area (Å²) in [6.07, 6.45) is 5.43. The van der Waals surface area contributed by atoms with Gasteiger partial charge in [-0.1, -0.05) is 25.1 Å². The van der Waals surface area contributed by atoms with Gasteiger partial charge in [0.1, 0.15) is 5.75 Å². The van der Waals surface area contributed by atoms with E-state index in [4.69, 9.17) is 10.1 Å². The molecule has 1 aliphatic heterocycles. The van der Waals surface area contributed by atoms with Crippen molar-refractivity contribution in [3.05, 3.63) is 64.3 Å². The molecule has 128 valence electrons. The van der Waals surface area contributed by atoms with E-state index in [1.165, 1.54) is 5.56 Å². The fourth-order valence-corrected chi connectivity index (χ4v) is 3.04. The van der Waals surface area contributed by atoms with Crippen LogP contribution in [0, 0.1) is 5.41 Å². The van der Waals surface area contributed by atoms with Crippen molar-refractivity contribution in [2.45, 2.75) is 19.8 Å². The van der Waals surface area contributed by atoms with Gasteiger partial charge in [-0.15, -0.1) is 0 Å². The lowest BCUT2D eigenvalue weighted by molar-refractivity contribution is -0.115. The van der Waals surface area contributed by atoms with Crippen LogP contribution in [-0.2, 0) is 17.6 Å². The highest BCUT2D eigenvalue weighted by Crippen LogP contribution is 2.25. The highest BCUT2D eigenvalue weighted by atomic mass is 32.2. The topological polar surface area (TPSA) is 75.1 Å². The quantitative estimate of drug-likeness (QED) is 0.781. The molecule has 0 radical (unpaired) electrons. The number of pyridine rings is 1. The molecular formula is C19H19N3O2S. The standard InChI is InChI=1S/C19H19N3O2S/c1-2-13-3-6-15(21-12-13)9-10-24-16-7-4-14(5-8-16)11-17-18(23)22-19(20)25-17/h3-8,11-12H,2,9-10H2,1H3,(H2,20,22,23)/b17-11-. The van der Waals surface area contributed by atoms with Crippen molar-refractivity contribution in [2.75, 3.05) is 6.61 Å². The van der Waals surface area contributed by atoms with Gasteiger partial charge in [-0.3, -0.25) is 15.2 Å². The molecule has 2 heterocycles. The maximum atomic E-state index is 11.6. The summed E-state index contributed by atoms with van der Waals surface area (Å²) < 4.78 is 5.75. The van der Waals surface area contributed by atoms with Gasteiger partial charge in [0, 0.05) is 18.3 Å². The van der Waals surface area contributed by atoms with Crippen molar-refractivity contribution in [1.29, 1.82) is 5.41 Å². The molecule has 1 aromatic carbocycles. The Morgan fingerprint density at radius 1 is 1.24 bits per heavy atom. The third kappa shape index (κ3) is 4.70. The lowest BCUT2D eigenvalue weighted by Crippen LogP contribution is -2.18. The monoisotopic (exact) mass is 353 g/mol. The molecule has 1 fully saturated rings. The van der Waals surface area contributed by atoms with Crippen molar-refractivity contribution in [2.24, 2.45) is 0 Å². The Morgan fingerprint density at radius 3 is 2.64 bits per heavy atom. The van der Waals surface area contributed by atoms with Crippen LogP contribution >= 0.6 is 11.8 Å². The maximum Gasteiger partial charge on any atom is 0.264 e. The third-order valence-electron chi connectivity index (χ3n) is 3.76. The van der Waals surface area contributed by atoms with Gasteiger partial charge in [-0.05, 0) is 53.6 Å². The van der Waals surface area contributed by atoms with E-state index < -0.39 is 0 Å². The molecule has 2 N–H and O–H groups in total. The molecule has 0 bridgehead atoms. The van der Waals surface area contributed by atoms with Crippen LogP contribution < -0.4 is 10.1 Å². The second kappa shape index (κ2) is 7.98. The van der Waals surface area contributed by atoms with Crippen molar-refractivity contribution < 1.29 is 9.53 Å². The van der Waals surface area contributed by atoms with Gasteiger partial charge in [0.15, 0.2) is 5.17 Å². The Labute approximate surface area is 151 Å². The molecule has 5 nitrogen and oxygen atoms in total. The smallest absolute Gasteiger partial charge is 0.264 e. The fourth-order valence-electron chi connectivity index (χ4n) is 2.34. The number of carbonyl (C=O) groups excluding carboxylic acids is 1. The lowest BCUT2D eigenvalue weighted by atomic mass is 10.2. The summed E-state index contributed by atoms with van der Waals surface area (Å²) in [6, 6.07) is 11.7. The zero-order chi connectivity index (χ0) is 17.6. The molecule has 25 heavy (non-hydrogen) atoms. The number of ether oxygens (including phenoxy) is 1. The summed E-state index contributed by atoms with van der Waals surface area (Å²) in [5, 5.41) is 10.1. The van der Waals surface area contributed by atoms with E-state index in [9.17, 15) is 4.79 Å². The van der Waals surface area contributed by atoms with Crippen LogP contribution in [0.25, 0.3) is 6.08 Å². The minimum atomic E-state index is -0.225. The zero-order valence-electron chi connectivity index (χ0n) is 13.9. The SMILES string of the molecule is CCc1ccc(CCOc2ccc(/C=C3\SC(=N)NC3=O)cc2)nc1. The van der Waals surface area contributed by atoms with Crippen LogP contribution in [-0.4, -0.2) is 22.7 Å². The number of hydrogen-bond acceptors (Lipinski definition) is 5. The largest absolute Gasteiger partial charge is 0.493 e. The third-order valence-corrected chi connectivity index (χ3v) is 4.59. The molecule has 1 aromatic heterocycles. The van der Waals surface area contributed by atoms with Gasteiger partial charge in [0.2, 0.25) is 0 Å². The van der Waals surface area contributed by atoms with Gasteiger partial charge in [-0.2, -0.15) is 0 Å². The number of nitrogens with zero attached hydrogens (tertiary/aromatic N) is 1. The first-order valence-electron chi connectivity index (χ1n) is 8.10. The van der Waals surface area contributed by atoms with E-state index in [2.05, 4.69) is 23.3 Å². The number of amidine groups is 1. The van der Waals surface area contributed by atoms with Crippen molar-refractivity contribution in [3.63, 3.8) is 0 Å². The predicted molar refractivity (Wildman–Crippen MR) is 101 cm³/mol. The number of aryl methyl sites for hydroxylation is 1. The summed E-state index contributed by atoms with van der Waals surface area (Å²) in [5.74, 6) is 0.556. The Kier molecular flexibility index (Phi) is 5.50. The molecule has 3 rings (SSSR count). The number of amides is 1. The summed E-state index contributed by atoms with van der Waals surface area (Å²) in [4.78, 5) is 16.5. The number of hydrogen-bond donors (Lipinski definition) is 2. The number of benzene rings is 1. The minimum absolute atomic E-state index is 0.164. The second-order valence-corrected chi connectivity index (χ2v) is 6.62. The van der Waals surface area contributed by atoms with Crippen LogP contribution in [0.3, 0.4) is 0 Å². The Morgan fingerprint density at radius 2 is 2.04 bits per heavy atom. The first-order chi connectivity index (χ1) is 12.1. The number of aromatic nitrogens is 1. The van der Waals surface area contributed by atoms with Gasteiger partial charge in [-0.25, -0.2) is 0 Å². The molecule has 0 saturated carbocycles. The van der Waals surface area contributed by atoms with Crippen LogP contribution in [0.1, 0.15) is 23.7 Å². The first kappa shape index (κ1) is 17.2. The average molecular weight is 353 g/mol. The molecule has 0 unspecified atom stereocenters. The van der Waals surface area contributed by atoms with E-state index >= 15 is 0 Å². The number of nitrogens with one attached hydrogen (secondary N) is 2. The van der Waals surface area contributed by atoms with Gasteiger partial charge >= 0.3 is 0 Å². The Bertz CT molecular complexity index is 798. The average Bonchev–Trinajstić information content (AvgIpc) is 2.94. The molecule has 1 amide bonds. The van der Waals surface area contributed by atoms with Crippen LogP contribution in [0.4, 0.5) is 0 Å². The Hall–Kier alpha value is -2.60. The van der Waals surface area contributed by atoms with Crippen molar-refractivity contribution in [3.8, 4) is 5.75 Å². The molecule has 2 aromatic rings. The normalized spacial score (nSPS) is 15.5. The molecule has 0 spiro atoms. The summed E-state index contributed by atoms with van der Waals surface area (Å²) in [5.41, 5.74) is 3.15. The maximum absolute atomic E-state index is 11.6. The molecule has 6 heteroatoms. The van der Waals surface area contributed by atoms with Crippen LogP contribution in [0.15, 0.2) is 47.5 Å². The lowest BCUT2D eigenvalue weighted by Gasteiger charge is -2.07. The number of rotatable bonds is 6. The van der Waals surface area contributed by atoms with E-state index in [0.717, 1.165) is 41.6 Å². The zero-order valence-corrected chi connectivity index (χ0v) is 14.7. The number of carbonyl (C=O) groups is 1. The molecule has 1 aliphatic rings. The molecular weight excluding hydrogens is 334 g/mol. The van der Waals surface area contributed by atoms with Gasteiger partial charge in [0.05, 0.1) is 11.5 Å². The number of thioether (sulfide) groups is 1. The van der Waals surface area contributed by atoms with Gasteiger partial charge < -0.3 is 10.1 Å². The molecule has 1 saturated heterocycles. The van der Waals surface area contributed by atoms with E-state index in [1.807, 2.05) is 36.5 Å². The van der Waals surface area contributed by atoms with Crippen molar-refractivity contribution in [1.82, 2.24) is 10.3 Å². The first-order valence-corrected chi connectivity index (χ1v) is 8.92. The molecule has 0 aliphatic carbocycles. The van der Waals surface area contributed by atoms with E-state index in [-0.39, 0.29) is 11.1 Å². The van der Waals surface area contributed by atoms with Crippen molar-refractivity contribution >= 4 is 28.9 Å². The van der Waals surface area contributed by atoms with Gasteiger partial charge in [0.25, 0.3) is 5.91 Å². The van der Waals surface area contributed by atoms with E-state index in [0.29, 0.717) is 11.5 Å². The Balaban J connectivity index is 1.53. The van der Waals surface area contributed by atoms with E-state index in [1.54, 1.807) is 6.08 Å². The highest BCUT2D eigenvalue weighted by Gasteiger charge is 2.21. The minimum Gasteiger partial charge on any atom is -0.493 e. The fraction of sp³-hybridized carbons (Fsp3) is 0.211. The van der Waals surface area contributed by atoms with Crippen LogP contribution in [0.5, 0.6) is 5.75 Å². The highest BCUT2D eigenvalue weighted by molar-refractivity contribution is 8.18. The molecule has 0 atom stereocenters. The second-order valence-electron chi connectivity index (χ2n) is 5.57.